The van der Waals surface area contributed by atoms with E-state index in [-0.39, 0.29) is 11.3 Å². The quantitative estimate of drug-likeness (QED) is 0.663. The van der Waals surface area contributed by atoms with Gasteiger partial charge in [-0.05, 0) is 40.9 Å². The summed E-state index contributed by atoms with van der Waals surface area (Å²) >= 11 is 3.22. The van der Waals surface area contributed by atoms with Crippen molar-refractivity contribution < 1.29 is 19.4 Å². The molecule has 0 aromatic heterocycles. The first-order valence-corrected chi connectivity index (χ1v) is 6.91. The van der Waals surface area contributed by atoms with Crippen molar-refractivity contribution in [3.63, 3.8) is 0 Å². The second-order valence-corrected chi connectivity index (χ2v) is 4.90. The average Bonchev–Trinajstić information content (AvgIpc) is 2.40. The van der Waals surface area contributed by atoms with E-state index in [0.29, 0.717) is 17.6 Å². The van der Waals surface area contributed by atoms with Crippen LogP contribution in [-0.4, -0.2) is 37.4 Å². The molecule has 1 aromatic carbocycles. The molecule has 0 saturated carbocycles. The zero-order valence-corrected chi connectivity index (χ0v) is 12.7. The van der Waals surface area contributed by atoms with Crippen molar-refractivity contribution in [3.05, 3.63) is 28.2 Å². The number of para-hydroxylation sites is 1. The van der Waals surface area contributed by atoms with Crippen LogP contribution in [0.1, 0.15) is 23.2 Å². The standard InChI is InChI=1S/C13H17BrN2O4/c1-20-8-3-2-7-15-13(19)16-11-9(12(17)18)5-4-6-10(11)14/h4-6H,2-3,7-8H2,1H3,(H,17,18)(H2,15,16,19). The molecular formula is C13H17BrN2O4. The number of carboxylic acids is 1. The van der Waals surface area contributed by atoms with Crippen molar-refractivity contribution in [2.24, 2.45) is 0 Å². The second kappa shape index (κ2) is 8.55. The molecule has 0 heterocycles. The van der Waals surface area contributed by atoms with Gasteiger partial charge in [-0.15, -0.1) is 0 Å². The Bertz CT molecular complexity index is 479. The molecule has 7 heteroatoms. The number of aromatic carboxylic acids is 1. The van der Waals surface area contributed by atoms with Crippen LogP contribution in [0, 0.1) is 0 Å². The SMILES string of the molecule is COCCCCNC(=O)Nc1c(Br)cccc1C(=O)O. The summed E-state index contributed by atoms with van der Waals surface area (Å²) in [6.45, 7) is 1.15. The summed E-state index contributed by atoms with van der Waals surface area (Å²) in [6, 6.07) is 4.26. The van der Waals surface area contributed by atoms with E-state index >= 15 is 0 Å². The van der Waals surface area contributed by atoms with Crippen LogP contribution >= 0.6 is 15.9 Å². The molecule has 0 atom stereocenters. The fraction of sp³-hybridized carbons (Fsp3) is 0.385. The Balaban J connectivity index is 2.55. The smallest absolute Gasteiger partial charge is 0.337 e. The first kappa shape index (κ1) is 16.5. The Morgan fingerprint density at radius 2 is 2.10 bits per heavy atom. The average molecular weight is 345 g/mol. The summed E-state index contributed by atoms with van der Waals surface area (Å²) < 4.78 is 5.42. The van der Waals surface area contributed by atoms with Gasteiger partial charge >= 0.3 is 12.0 Å². The van der Waals surface area contributed by atoms with E-state index in [4.69, 9.17) is 9.84 Å². The molecular weight excluding hydrogens is 328 g/mol. The van der Waals surface area contributed by atoms with E-state index in [1.54, 1.807) is 19.2 Å². The lowest BCUT2D eigenvalue weighted by atomic mass is 10.2. The van der Waals surface area contributed by atoms with Crippen LogP contribution in [-0.2, 0) is 4.74 Å². The lowest BCUT2D eigenvalue weighted by Gasteiger charge is -2.11. The van der Waals surface area contributed by atoms with Gasteiger partial charge in [-0.25, -0.2) is 9.59 Å². The number of anilines is 1. The number of unbranched alkanes of at least 4 members (excludes halogenated alkanes) is 1. The normalized spacial score (nSPS) is 10.1. The number of rotatable bonds is 7. The van der Waals surface area contributed by atoms with Gasteiger partial charge in [0.2, 0.25) is 0 Å². The third-order valence-electron chi connectivity index (χ3n) is 2.54. The first-order valence-electron chi connectivity index (χ1n) is 6.12. The maximum atomic E-state index is 11.7. The molecule has 3 N–H and O–H groups in total. The predicted molar refractivity (Wildman–Crippen MR) is 79.2 cm³/mol. The second-order valence-electron chi connectivity index (χ2n) is 4.05. The molecule has 6 nitrogen and oxygen atoms in total. The van der Waals surface area contributed by atoms with Gasteiger partial charge in [-0.2, -0.15) is 0 Å². The summed E-state index contributed by atoms with van der Waals surface area (Å²) in [5.74, 6) is -1.10. The van der Waals surface area contributed by atoms with Crippen LogP contribution in [0.15, 0.2) is 22.7 Å². The summed E-state index contributed by atoms with van der Waals surface area (Å²) in [5, 5.41) is 14.3. The molecule has 0 fully saturated rings. The minimum absolute atomic E-state index is 0.0360. The monoisotopic (exact) mass is 344 g/mol. The van der Waals surface area contributed by atoms with E-state index in [1.807, 2.05) is 0 Å². The number of hydrogen-bond donors (Lipinski definition) is 3. The zero-order valence-electron chi connectivity index (χ0n) is 11.1. The Kier molecular flexibility index (Phi) is 7.03. The number of carbonyl (C=O) groups excluding carboxylic acids is 1. The van der Waals surface area contributed by atoms with Crippen LogP contribution in [0.2, 0.25) is 0 Å². The molecule has 0 aliphatic carbocycles. The molecule has 1 aromatic rings. The Morgan fingerprint density at radius 3 is 2.75 bits per heavy atom. The minimum atomic E-state index is -1.10. The number of hydrogen-bond acceptors (Lipinski definition) is 3. The van der Waals surface area contributed by atoms with Crippen molar-refractivity contribution in [1.29, 1.82) is 0 Å². The summed E-state index contributed by atoms with van der Waals surface area (Å²) in [4.78, 5) is 22.8. The number of benzene rings is 1. The lowest BCUT2D eigenvalue weighted by Crippen LogP contribution is -2.30. The molecule has 110 valence electrons. The van der Waals surface area contributed by atoms with Crippen molar-refractivity contribution in [2.75, 3.05) is 25.6 Å². The maximum Gasteiger partial charge on any atom is 0.337 e. The third kappa shape index (κ3) is 5.18. The van der Waals surface area contributed by atoms with E-state index in [1.165, 1.54) is 6.07 Å². The van der Waals surface area contributed by atoms with Crippen LogP contribution in [0.4, 0.5) is 10.5 Å². The van der Waals surface area contributed by atoms with Crippen molar-refractivity contribution >= 4 is 33.6 Å². The van der Waals surface area contributed by atoms with Gasteiger partial charge in [0.25, 0.3) is 0 Å². The number of halogens is 1. The van der Waals surface area contributed by atoms with Gasteiger partial charge in [-0.3, -0.25) is 0 Å². The Hall–Kier alpha value is -1.60. The highest BCUT2D eigenvalue weighted by atomic mass is 79.9. The van der Waals surface area contributed by atoms with Gasteiger partial charge in [-0.1, -0.05) is 6.07 Å². The molecule has 0 spiro atoms. The maximum absolute atomic E-state index is 11.7. The Labute approximate surface area is 125 Å². The number of ether oxygens (including phenoxy) is 1. The van der Waals surface area contributed by atoms with Crippen LogP contribution in [0.25, 0.3) is 0 Å². The number of nitrogens with one attached hydrogen (secondary N) is 2. The van der Waals surface area contributed by atoms with Crippen LogP contribution in [0.3, 0.4) is 0 Å². The molecule has 0 saturated heterocycles. The van der Waals surface area contributed by atoms with Gasteiger partial charge in [0.15, 0.2) is 0 Å². The van der Waals surface area contributed by atoms with Gasteiger partial charge in [0, 0.05) is 24.7 Å². The molecule has 2 amide bonds. The molecule has 0 radical (unpaired) electrons. The third-order valence-corrected chi connectivity index (χ3v) is 3.20. The molecule has 0 aliphatic heterocycles. The number of urea groups is 1. The molecule has 0 bridgehead atoms. The number of amides is 2. The fourth-order valence-corrected chi connectivity index (χ4v) is 2.03. The largest absolute Gasteiger partial charge is 0.478 e. The van der Waals surface area contributed by atoms with Crippen molar-refractivity contribution in [2.45, 2.75) is 12.8 Å². The van der Waals surface area contributed by atoms with Gasteiger partial charge in [0.05, 0.1) is 11.3 Å². The van der Waals surface area contributed by atoms with Crippen LogP contribution in [0.5, 0.6) is 0 Å². The zero-order chi connectivity index (χ0) is 15.0. The van der Waals surface area contributed by atoms with Crippen molar-refractivity contribution in [1.82, 2.24) is 5.32 Å². The lowest BCUT2D eigenvalue weighted by molar-refractivity contribution is 0.0698. The van der Waals surface area contributed by atoms with E-state index < -0.39 is 12.0 Å². The molecule has 1 rings (SSSR count). The molecule has 0 aliphatic rings. The topological polar surface area (TPSA) is 87.7 Å². The first-order chi connectivity index (χ1) is 9.56. The van der Waals surface area contributed by atoms with Gasteiger partial charge < -0.3 is 20.5 Å². The summed E-state index contributed by atoms with van der Waals surface area (Å²) in [5.41, 5.74) is 0.281. The van der Waals surface area contributed by atoms with E-state index in [9.17, 15) is 9.59 Å². The summed E-state index contributed by atoms with van der Waals surface area (Å²) in [7, 11) is 1.63. The van der Waals surface area contributed by atoms with E-state index in [0.717, 1.165) is 12.8 Å². The molecule has 20 heavy (non-hydrogen) atoms. The van der Waals surface area contributed by atoms with Gasteiger partial charge in [0.1, 0.15) is 0 Å². The minimum Gasteiger partial charge on any atom is -0.478 e. The number of methoxy groups -OCH3 is 1. The molecule has 0 unspecified atom stereocenters. The highest BCUT2D eigenvalue weighted by Gasteiger charge is 2.14. The number of carbonyl (C=O) groups is 2. The number of carboxylic acid groups (broad SMARTS) is 1. The Morgan fingerprint density at radius 1 is 1.35 bits per heavy atom. The predicted octanol–water partition coefficient (Wildman–Crippen LogP) is 2.70. The fourth-order valence-electron chi connectivity index (χ4n) is 1.56. The van der Waals surface area contributed by atoms with E-state index in [2.05, 4.69) is 26.6 Å². The van der Waals surface area contributed by atoms with Crippen molar-refractivity contribution in [3.8, 4) is 0 Å². The highest BCUT2D eigenvalue weighted by Crippen LogP contribution is 2.26. The van der Waals surface area contributed by atoms with Crippen LogP contribution < -0.4 is 10.6 Å². The summed E-state index contributed by atoms with van der Waals surface area (Å²) in [6.07, 6.45) is 1.65. The highest BCUT2D eigenvalue weighted by molar-refractivity contribution is 9.10.